The summed E-state index contributed by atoms with van der Waals surface area (Å²) in [7, 11) is 1.61. The fourth-order valence-electron chi connectivity index (χ4n) is 1.94. The van der Waals surface area contributed by atoms with E-state index in [9.17, 15) is 4.79 Å². The van der Waals surface area contributed by atoms with Gasteiger partial charge in [-0.2, -0.15) is 0 Å². The zero-order valence-corrected chi connectivity index (χ0v) is 9.35. The topological polar surface area (TPSA) is 55.6 Å². The van der Waals surface area contributed by atoms with Crippen LogP contribution in [0.2, 0.25) is 0 Å². The molecule has 1 fully saturated rings. The lowest BCUT2D eigenvalue weighted by atomic mass is 10.0. The van der Waals surface area contributed by atoms with E-state index >= 15 is 0 Å². The quantitative estimate of drug-likeness (QED) is 0.813. The number of hydrogen-bond acceptors (Lipinski definition) is 3. The highest BCUT2D eigenvalue weighted by Crippen LogP contribution is 2.24. The van der Waals surface area contributed by atoms with Gasteiger partial charge in [-0.1, -0.05) is 6.07 Å². The Morgan fingerprint density at radius 1 is 1.50 bits per heavy atom. The van der Waals surface area contributed by atoms with E-state index in [4.69, 9.17) is 10.5 Å². The molecule has 1 heterocycles. The molecule has 1 amide bonds. The van der Waals surface area contributed by atoms with Crippen LogP contribution in [0, 0.1) is 0 Å². The molecule has 1 atom stereocenters. The molecule has 0 aromatic heterocycles. The van der Waals surface area contributed by atoms with Gasteiger partial charge in [0.1, 0.15) is 5.75 Å². The molecule has 0 radical (unpaired) electrons. The van der Waals surface area contributed by atoms with Crippen molar-refractivity contribution in [3.8, 4) is 5.75 Å². The summed E-state index contributed by atoms with van der Waals surface area (Å²) >= 11 is 0. The van der Waals surface area contributed by atoms with Gasteiger partial charge in [-0.05, 0) is 25.0 Å². The number of hydrogen-bond donors (Lipinski definition) is 1. The molecule has 4 heteroatoms. The van der Waals surface area contributed by atoms with Crippen molar-refractivity contribution in [3.05, 3.63) is 24.3 Å². The number of rotatable bonds is 2. The van der Waals surface area contributed by atoms with E-state index < -0.39 is 0 Å². The van der Waals surface area contributed by atoms with E-state index in [-0.39, 0.29) is 11.9 Å². The maximum atomic E-state index is 11.9. The molecule has 4 nitrogen and oxygen atoms in total. The van der Waals surface area contributed by atoms with Crippen LogP contribution in [0.3, 0.4) is 0 Å². The lowest BCUT2D eigenvalue weighted by molar-refractivity contribution is -0.120. The van der Waals surface area contributed by atoms with Crippen LogP contribution in [-0.4, -0.2) is 25.6 Å². The molecule has 1 aliphatic rings. The average molecular weight is 220 g/mol. The minimum absolute atomic E-state index is 0.000460. The van der Waals surface area contributed by atoms with Gasteiger partial charge in [-0.15, -0.1) is 0 Å². The standard InChI is InChI=1S/C12H16N2O2/c1-16-10-5-2-4-9(8-10)14-7-3-6-11(13)12(14)15/h2,4-5,8,11H,3,6-7,13H2,1H3/t11-/m0/s1. The second-order valence-corrected chi connectivity index (χ2v) is 3.94. The summed E-state index contributed by atoms with van der Waals surface area (Å²) in [5, 5.41) is 0. The van der Waals surface area contributed by atoms with Crippen LogP contribution in [0.5, 0.6) is 5.75 Å². The van der Waals surface area contributed by atoms with E-state index in [2.05, 4.69) is 0 Å². The van der Waals surface area contributed by atoms with Crippen LogP contribution in [0.4, 0.5) is 5.69 Å². The molecule has 1 aromatic rings. The molecular formula is C12H16N2O2. The van der Waals surface area contributed by atoms with Gasteiger partial charge in [0.2, 0.25) is 5.91 Å². The third-order valence-electron chi connectivity index (χ3n) is 2.85. The van der Waals surface area contributed by atoms with Gasteiger partial charge < -0.3 is 15.4 Å². The van der Waals surface area contributed by atoms with Gasteiger partial charge >= 0.3 is 0 Å². The summed E-state index contributed by atoms with van der Waals surface area (Å²) in [6.45, 7) is 0.736. The number of methoxy groups -OCH3 is 1. The van der Waals surface area contributed by atoms with E-state index in [1.165, 1.54) is 0 Å². The molecule has 0 bridgehead atoms. The second-order valence-electron chi connectivity index (χ2n) is 3.94. The van der Waals surface area contributed by atoms with Crippen LogP contribution in [0.1, 0.15) is 12.8 Å². The number of carbonyl (C=O) groups excluding carboxylic acids is 1. The number of piperidine rings is 1. The highest BCUT2D eigenvalue weighted by molar-refractivity contribution is 5.97. The highest BCUT2D eigenvalue weighted by atomic mass is 16.5. The van der Waals surface area contributed by atoms with E-state index in [1.807, 2.05) is 24.3 Å². The average Bonchev–Trinajstić information content (AvgIpc) is 2.33. The fourth-order valence-corrected chi connectivity index (χ4v) is 1.94. The van der Waals surface area contributed by atoms with Crippen LogP contribution in [-0.2, 0) is 4.79 Å². The Morgan fingerprint density at radius 2 is 2.31 bits per heavy atom. The number of benzene rings is 1. The minimum atomic E-state index is -0.361. The van der Waals surface area contributed by atoms with Crippen molar-refractivity contribution < 1.29 is 9.53 Å². The molecule has 0 unspecified atom stereocenters. The summed E-state index contributed by atoms with van der Waals surface area (Å²) in [5.41, 5.74) is 6.61. The van der Waals surface area contributed by atoms with Crippen LogP contribution in [0.15, 0.2) is 24.3 Å². The maximum Gasteiger partial charge on any atom is 0.243 e. The first-order valence-electron chi connectivity index (χ1n) is 5.43. The predicted molar refractivity (Wildman–Crippen MR) is 62.6 cm³/mol. The Hall–Kier alpha value is -1.55. The second kappa shape index (κ2) is 4.53. The summed E-state index contributed by atoms with van der Waals surface area (Å²) in [6, 6.07) is 7.13. The zero-order valence-electron chi connectivity index (χ0n) is 9.35. The number of ether oxygens (including phenoxy) is 1. The largest absolute Gasteiger partial charge is 0.497 e. The molecule has 2 N–H and O–H groups in total. The Morgan fingerprint density at radius 3 is 3.06 bits per heavy atom. The van der Waals surface area contributed by atoms with Gasteiger partial charge in [-0.25, -0.2) is 0 Å². The van der Waals surface area contributed by atoms with E-state index in [0.717, 1.165) is 30.8 Å². The molecular weight excluding hydrogens is 204 g/mol. The van der Waals surface area contributed by atoms with Crippen LogP contribution < -0.4 is 15.4 Å². The Balaban J connectivity index is 2.25. The number of anilines is 1. The van der Waals surface area contributed by atoms with Crippen molar-refractivity contribution in [2.75, 3.05) is 18.6 Å². The van der Waals surface area contributed by atoms with Crippen molar-refractivity contribution >= 4 is 11.6 Å². The van der Waals surface area contributed by atoms with Crippen molar-refractivity contribution in [3.63, 3.8) is 0 Å². The third kappa shape index (κ3) is 2.02. The number of carbonyl (C=O) groups is 1. The SMILES string of the molecule is COc1cccc(N2CCC[C@H](N)C2=O)c1. The van der Waals surface area contributed by atoms with Gasteiger partial charge in [0.05, 0.1) is 13.2 Å². The first-order chi connectivity index (χ1) is 7.72. The zero-order chi connectivity index (χ0) is 11.5. The number of amides is 1. The lowest BCUT2D eigenvalue weighted by Crippen LogP contribution is -2.48. The van der Waals surface area contributed by atoms with Crippen molar-refractivity contribution in [1.29, 1.82) is 0 Å². The Labute approximate surface area is 95.0 Å². The Bertz CT molecular complexity index is 392. The molecule has 0 spiro atoms. The lowest BCUT2D eigenvalue weighted by Gasteiger charge is -2.30. The van der Waals surface area contributed by atoms with Gasteiger partial charge in [0, 0.05) is 18.3 Å². The van der Waals surface area contributed by atoms with Crippen LogP contribution >= 0.6 is 0 Å². The highest BCUT2D eigenvalue weighted by Gasteiger charge is 2.26. The molecule has 0 aliphatic carbocycles. The summed E-state index contributed by atoms with van der Waals surface area (Å²) in [4.78, 5) is 13.6. The number of nitrogens with zero attached hydrogens (tertiary/aromatic N) is 1. The molecule has 1 aliphatic heterocycles. The predicted octanol–water partition coefficient (Wildman–Crippen LogP) is 1.15. The number of nitrogens with two attached hydrogens (primary N) is 1. The molecule has 86 valence electrons. The summed E-state index contributed by atoms with van der Waals surface area (Å²) in [5.74, 6) is 0.754. The molecule has 1 aromatic carbocycles. The summed E-state index contributed by atoms with van der Waals surface area (Å²) in [6.07, 6.45) is 1.73. The molecule has 0 saturated carbocycles. The molecule has 16 heavy (non-hydrogen) atoms. The van der Waals surface area contributed by atoms with Crippen LogP contribution in [0.25, 0.3) is 0 Å². The van der Waals surface area contributed by atoms with Gasteiger partial charge in [0.25, 0.3) is 0 Å². The first kappa shape index (κ1) is 11.0. The maximum absolute atomic E-state index is 11.9. The first-order valence-corrected chi connectivity index (χ1v) is 5.43. The minimum Gasteiger partial charge on any atom is -0.497 e. The Kier molecular flexibility index (Phi) is 3.10. The monoisotopic (exact) mass is 220 g/mol. The van der Waals surface area contributed by atoms with Gasteiger partial charge in [-0.3, -0.25) is 4.79 Å². The molecule has 2 rings (SSSR count). The summed E-state index contributed by atoms with van der Waals surface area (Å²) < 4.78 is 5.14. The van der Waals surface area contributed by atoms with Crippen molar-refractivity contribution in [2.45, 2.75) is 18.9 Å². The fraction of sp³-hybridized carbons (Fsp3) is 0.417. The van der Waals surface area contributed by atoms with Crippen molar-refractivity contribution in [1.82, 2.24) is 0 Å². The smallest absolute Gasteiger partial charge is 0.243 e. The normalized spacial score (nSPS) is 21.0. The van der Waals surface area contributed by atoms with Gasteiger partial charge in [0.15, 0.2) is 0 Å². The third-order valence-corrected chi connectivity index (χ3v) is 2.85. The van der Waals surface area contributed by atoms with Crippen molar-refractivity contribution in [2.24, 2.45) is 5.73 Å². The van der Waals surface area contributed by atoms with E-state index in [0.29, 0.717) is 0 Å². The molecule has 1 saturated heterocycles. The van der Waals surface area contributed by atoms with E-state index in [1.54, 1.807) is 12.0 Å².